The molecule has 0 aliphatic rings. The molecule has 1 atom stereocenters. The van der Waals surface area contributed by atoms with Crippen LogP contribution in [-0.4, -0.2) is 52.8 Å². The van der Waals surface area contributed by atoms with E-state index in [2.05, 4.69) is 25.1 Å². The first-order valence-electron chi connectivity index (χ1n) is 10.8. The van der Waals surface area contributed by atoms with E-state index in [1.807, 2.05) is 6.92 Å². The van der Waals surface area contributed by atoms with Gasteiger partial charge in [-0.3, -0.25) is 9.29 Å². The van der Waals surface area contributed by atoms with Crippen LogP contribution in [0.1, 0.15) is 24.1 Å². The maximum Gasteiger partial charge on any atom is 0.243 e. The second kappa shape index (κ2) is 9.74. The number of para-hydroxylation sites is 1. The van der Waals surface area contributed by atoms with Gasteiger partial charge in [-0.15, -0.1) is 10.2 Å². The van der Waals surface area contributed by atoms with Crippen LogP contribution in [0.3, 0.4) is 0 Å². The number of hydrogen-bond acceptors (Lipinski definition) is 9. The van der Waals surface area contributed by atoms with E-state index in [1.165, 1.54) is 18.8 Å². The molecule has 1 N–H and O–H groups in total. The Morgan fingerprint density at radius 1 is 0.971 bits per heavy atom. The highest BCUT2D eigenvalue weighted by molar-refractivity contribution is 7.93. The van der Waals surface area contributed by atoms with Gasteiger partial charge in [0.25, 0.3) is 0 Å². The van der Waals surface area contributed by atoms with Crippen molar-refractivity contribution in [2.45, 2.75) is 32.4 Å². The molecule has 0 aliphatic heterocycles. The van der Waals surface area contributed by atoms with E-state index >= 15 is 0 Å². The van der Waals surface area contributed by atoms with Gasteiger partial charge in [0.2, 0.25) is 21.8 Å². The average Bonchev–Trinajstić information content (AvgIpc) is 3.45. The van der Waals surface area contributed by atoms with E-state index in [0.29, 0.717) is 34.4 Å². The largest absolute Gasteiger partial charge is 0.494 e. The lowest BCUT2D eigenvalue weighted by atomic mass is 10.2. The van der Waals surface area contributed by atoms with Crippen LogP contribution in [-0.2, 0) is 16.4 Å². The number of ether oxygens (including phenoxy) is 2. The van der Waals surface area contributed by atoms with Crippen LogP contribution in [0.15, 0.2) is 46.9 Å². The lowest BCUT2D eigenvalue weighted by Gasteiger charge is -2.18. The van der Waals surface area contributed by atoms with Crippen molar-refractivity contribution in [1.82, 2.24) is 25.0 Å². The van der Waals surface area contributed by atoms with E-state index in [9.17, 15) is 8.42 Å². The molecule has 0 saturated heterocycles. The fourth-order valence-electron chi connectivity index (χ4n) is 3.50. The molecule has 184 valence electrons. The molecule has 0 aliphatic carbocycles. The molecule has 0 unspecified atom stereocenters. The zero-order valence-electron chi connectivity index (χ0n) is 20.0. The third-order valence-electron chi connectivity index (χ3n) is 5.36. The monoisotopic (exact) mass is 498 g/mol. The van der Waals surface area contributed by atoms with E-state index in [1.54, 1.807) is 56.3 Å². The molecule has 0 radical (unpaired) electrons. The lowest BCUT2D eigenvalue weighted by molar-refractivity contribution is 0.391. The summed E-state index contributed by atoms with van der Waals surface area (Å²) < 4.78 is 47.5. The zero-order chi connectivity index (χ0) is 25.2. The number of hydrogen-bond donors (Lipinski definition) is 1. The molecule has 3 aromatic heterocycles. The van der Waals surface area contributed by atoms with Crippen molar-refractivity contribution in [3.8, 4) is 28.8 Å². The van der Waals surface area contributed by atoms with E-state index in [0.717, 1.165) is 5.69 Å². The van der Waals surface area contributed by atoms with Gasteiger partial charge in [0.1, 0.15) is 22.9 Å². The summed E-state index contributed by atoms with van der Waals surface area (Å²) in [7, 11) is -0.893. The molecule has 4 aromatic rings. The Labute approximate surface area is 203 Å². The minimum absolute atomic E-state index is 0.0429. The fourth-order valence-corrected chi connectivity index (χ4v) is 4.47. The zero-order valence-corrected chi connectivity index (χ0v) is 20.8. The van der Waals surface area contributed by atoms with Gasteiger partial charge in [0, 0.05) is 6.42 Å². The fraction of sp³-hybridized carbons (Fsp3) is 0.304. The summed E-state index contributed by atoms with van der Waals surface area (Å²) in [6.45, 7) is 5.20. The molecule has 12 heteroatoms. The van der Waals surface area contributed by atoms with Crippen molar-refractivity contribution in [3.05, 3.63) is 59.6 Å². The maximum atomic E-state index is 13.3. The molecule has 1 aromatic carbocycles. The number of aryl methyl sites for hydroxylation is 2. The van der Waals surface area contributed by atoms with Crippen LogP contribution in [0, 0.1) is 13.8 Å². The van der Waals surface area contributed by atoms with Crippen molar-refractivity contribution in [1.29, 1.82) is 0 Å². The van der Waals surface area contributed by atoms with Gasteiger partial charge in [-0.25, -0.2) is 8.42 Å². The lowest BCUT2D eigenvalue weighted by Crippen LogP contribution is -2.29. The molecular formula is C23H26N6O5S. The van der Waals surface area contributed by atoms with Crippen LogP contribution in [0.25, 0.3) is 17.3 Å². The Morgan fingerprint density at radius 3 is 2.26 bits per heavy atom. The number of benzene rings is 1. The Balaban J connectivity index is 1.79. The molecule has 0 amide bonds. The predicted molar refractivity (Wildman–Crippen MR) is 129 cm³/mol. The van der Waals surface area contributed by atoms with Crippen LogP contribution in [0.2, 0.25) is 0 Å². The predicted octanol–water partition coefficient (Wildman–Crippen LogP) is 3.32. The number of furan rings is 1. The van der Waals surface area contributed by atoms with Crippen molar-refractivity contribution >= 4 is 16.0 Å². The normalized spacial score (nSPS) is 12.4. The summed E-state index contributed by atoms with van der Waals surface area (Å²) in [5.74, 6) is 2.15. The summed E-state index contributed by atoms with van der Waals surface area (Å²) in [6.07, 6.45) is 0.166. The molecule has 0 spiro atoms. The molecule has 3 heterocycles. The van der Waals surface area contributed by atoms with Crippen LogP contribution < -0.4 is 14.2 Å². The first-order valence-corrected chi connectivity index (χ1v) is 12.3. The molecule has 11 nitrogen and oxygen atoms in total. The number of sulfonamides is 1. The first-order chi connectivity index (χ1) is 16.7. The highest BCUT2D eigenvalue weighted by atomic mass is 32.2. The number of anilines is 1. The Morgan fingerprint density at radius 2 is 1.69 bits per heavy atom. The number of nitrogens with zero attached hydrogens (tertiary/aromatic N) is 5. The summed E-state index contributed by atoms with van der Waals surface area (Å²) in [6, 6.07) is 12.3. The van der Waals surface area contributed by atoms with Gasteiger partial charge < -0.3 is 13.9 Å². The second-order valence-corrected chi connectivity index (χ2v) is 10.0. The number of aromatic nitrogens is 5. The minimum Gasteiger partial charge on any atom is -0.494 e. The van der Waals surface area contributed by atoms with Crippen molar-refractivity contribution in [2.24, 2.45) is 0 Å². The number of nitrogens with one attached hydrogen (secondary N) is 1. The molecule has 0 bridgehead atoms. The number of rotatable bonds is 9. The average molecular weight is 499 g/mol. The highest BCUT2D eigenvalue weighted by Crippen LogP contribution is 2.38. The standard InChI is InChI=1S/C23H26N6O5S/c1-14-9-11-17(25-24-14)13-16(3)35(30,31)28-23-27-26-22(20-12-10-15(2)34-20)29(23)21-18(32-4)7-6-8-19(21)33-5/h6-12,16H,13H2,1-5H3,(H,27,28)/t16-/m0/s1. The van der Waals surface area contributed by atoms with Gasteiger partial charge in [-0.2, -0.15) is 10.2 Å². The summed E-state index contributed by atoms with van der Waals surface area (Å²) in [5, 5.41) is 15.6. The van der Waals surface area contributed by atoms with Gasteiger partial charge >= 0.3 is 0 Å². The van der Waals surface area contributed by atoms with Crippen molar-refractivity contribution < 1.29 is 22.3 Å². The van der Waals surface area contributed by atoms with Crippen LogP contribution in [0.4, 0.5) is 5.95 Å². The molecule has 0 saturated carbocycles. The minimum atomic E-state index is -3.91. The Hall–Kier alpha value is -3.93. The third kappa shape index (κ3) is 4.97. The van der Waals surface area contributed by atoms with Crippen molar-refractivity contribution in [3.63, 3.8) is 0 Å². The molecule has 35 heavy (non-hydrogen) atoms. The Bertz CT molecular complexity index is 1410. The topological polar surface area (TPSA) is 134 Å². The Kier molecular flexibility index (Phi) is 6.74. The quantitative estimate of drug-likeness (QED) is 0.369. The summed E-state index contributed by atoms with van der Waals surface area (Å²) in [5.41, 5.74) is 1.73. The SMILES string of the molecule is COc1cccc(OC)c1-n1c(NS(=O)(=O)[C@@H](C)Cc2ccc(C)nn2)nnc1-c1ccc(C)o1. The van der Waals surface area contributed by atoms with E-state index < -0.39 is 15.3 Å². The van der Waals surface area contributed by atoms with Crippen LogP contribution in [0.5, 0.6) is 11.5 Å². The van der Waals surface area contributed by atoms with Gasteiger partial charge in [-0.1, -0.05) is 6.07 Å². The third-order valence-corrected chi connectivity index (χ3v) is 7.06. The van der Waals surface area contributed by atoms with Crippen molar-refractivity contribution in [2.75, 3.05) is 18.9 Å². The smallest absolute Gasteiger partial charge is 0.243 e. The van der Waals surface area contributed by atoms with Gasteiger partial charge in [0.05, 0.1) is 30.9 Å². The van der Waals surface area contributed by atoms with Crippen LogP contribution >= 0.6 is 0 Å². The summed E-state index contributed by atoms with van der Waals surface area (Å²) >= 11 is 0. The van der Waals surface area contributed by atoms with Gasteiger partial charge in [-0.05, 0) is 57.2 Å². The van der Waals surface area contributed by atoms with Gasteiger partial charge in [0.15, 0.2) is 5.76 Å². The number of methoxy groups -OCH3 is 2. The maximum absolute atomic E-state index is 13.3. The highest BCUT2D eigenvalue weighted by Gasteiger charge is 2.29. The summed E-state index contributed by atoms with van der Waals surface area (Å²) in [4.78, 5) is 0. The molecule has 4 rings (SSSR count). The van der Waals surface area contributed by atoms with E-state index in [-0.39, 0.29) is 18.2 Å². The molecule has 0 fully saturated rings. The first kappa shape index (κ1) is 24.2. The second-order valence-electron chi connectivity index (χ2n) is 7.93. The van der Waals surface area contributed by atoms with E-state index in [4.69, 9.17) is 13.9 Å². The molecular weight excluding hydrogens is 472 g/mol.